The molecule has 1 aromatic carbocycles. The molecule has 0 spiro atoms. The third kappa shape index (κ3) is 3.97. The molecule has 0 saturated carbocycles. The first kappa shape index (κ1) is 25.7. The second kappa shape index (κ2) is 9.54. The molecule has 11 nitrogen and oxygen atoms in total. The van der Waals surface area contributed by atoms with Crippen LogP contribution in [0.25, 0.3) is 22.3 Å². The normalized spacial score (nSPS) is 19.3. The predicted octanol–water partition coefficient (Wildman–Crippen LogP) is 1.50. The summed E-state index contributed by atoms with van der Waals surface area (Å²) in [6, 6.07) is 4.63. The number of thioether (sulfide) groups is 1. The van der Waals surface area contributed by atoms with Gasteiger partial charge in [-0.3, -0.25) is 9.59 Å². The van der Waals surface area contributed by atoms with Gasteiger partial charge in [0.05, 0.1) is 35.1 Å². The number of nitrogens with two attached hydrogens (primary N) is 1. The fourth-order valence-corrected chi connectivity index (χ4v) is 5.93. The minimum absolute atomic E-state index is 0.0529. The average Bonchev–Trinajstić information content (AvgIpc) is 3.55. The molecule has 0 bridgehead atoms. The topological polar surface area (TPSA) is 155 Å². The summed E-state index contributed by atoms with van der Waals surface area (Å²) in [4.78, 5) is 43.8. The summed E-state index contributed by atoms with van der Waals surface area (Å²) in [7, 11) is 0. The van der Waals surface area contributed by atoms with Crippen LogP contribution in [-0.2, 0) is 39.6 Å². The molecular weight excluding hydrogens is 524 g/mol. The van der Waals surface area contributed by atoms with E-state index in [1.807, 2.05) is 12.3 Å². The number of fused-ring (bicyclic) bond motifs is 6. The van der Waals surface area contributed by atoms with Gasteiger partial charge in [-0.2, -0.15) is 11.8 Å². The Balaban J connectivity index is 1.50. The molecule has 0 aliphatic carbocycles. The second-order valence-corrected chi connectivity index (χ2v) is 10.8. The first-order valence-electron chi connectivity index (χ1n) is 12.7. The van der Waals surface area contributed by atoms with E-state index < -0.39 is 17.6 Å². The number of cyclic esters (lactones) is 1. The van der Waals surface area contributed by atoms with Crippen LogP contribution >= 0.6 is 11.8 Å². The van der Waals surface area contributed by atoms with Crippen LogP contribution in [0.4, 0.5) is 0 Å². The highest BCUT2D eigenvalue weighted by molar-refractivity contribution is 7.98. The molecule has 1 amide bonds. The molecule has 3 aliphatic heterocycles. The van der Waals surface area contributed by atoms with Crippen molar-refractivity contribution in [1.82, 2.24) is 14.9 Å². The number of nitrogens with one attached hydrogen (secondary N) is 1. The molecule has 6 rings (SSSR count). The molecule has 5 heterocycles. The van der Waals surface area contributed by atoms with E-state index in [9.17, 15) is 19.5 Å². The summed E-state index contributed by atoms with van der Waals surface area (Å²) in [5, 5.41) is 14.9. The Morgan fingerprint density at radius 3 is 2.74 bits per heavy atom. The van der Waals surface area contributed by atoms with Crippen LogP contribution in [0.2, 0.25) is 0 Å². The molecular formula is C27H28N4O7S. The summed E-state index contributed by atoms with van der Waals surface area (Å²) < 4.78 is 17.9. The Labute approximate surface area is 227 Å². The summed E-state index contributed by atoms with van der Waals surface area (Å²) in [6.45, 7) is 1.91. The second-order valence-electron chi connectivity index (χ2n) is 9.85. The first-order valence-corrected chi connectivity index (χ1v) is 14.1. The van der Waals surface area contributed by atoms with E-state index in [1.54, 1.807) is 35.4 Å². The van der Waals surface area contributed by atoms with E-state index in [0.717, 1.165) is 22.3 Å². The SMILES string of the molecule is CC[C@@]1(O)C(=O)OCc2c1cc1n(c2=O)Cc2c-1nc1cc3c(cc1c2CNC(=O)[C@@H](N)CCSC)OCO3. The average molecular weight is 553 g/mol. The van der Waals surface area contributed by atoms with Gasteiger partial charge in [0.25, 0.3) is 5.56 Å². The number of carbonyl (C=O) groups excluding carboxylic acids is 2. The van der Waals surface area contributed by atoms with Crippen LogP contribution in [0.3, 0.4) is 0 Å². The van der Waals surface area contributed by atoms with Crippen molar-refractivity contribution in [2.45, 2.75) is 51.1 Å². The Kier molecular flexibility index (Phi) is 6.28. The first-order chi connectivity index (χ1) is 18.8. The van der Waals surface area contributed by atoms with Crippen molar-refractivity contribution in [1.29, 1.82) is 0 Å². The van der Waals surface area contributed by atoms with Gasteiger partial charge in [0.15, 0.2) is 17.1 Å². The number of hydrogen-bond acceptors (Lipinski definition) is 10. The summed E-state index contributed by atoms with van der Waals surface area (Å²) in [6.07, 6.45) is 2.56. The molecule has 3 aliphatic rings. The fourth-order valence-electron chi connectivity index (χ4n) is 5.44. The lowest BCUT2D eigenvalue weighted by Gasteiger charge is -2.31. The van der Waals surface area contributed by atoms with Gasteiger partial charge in [0, 0.05) is 29.1 Å². The van der Waals surface area contributed by atoms with E-state index in [0.29, 0.717) is 34.8 Å². The Morgan fingerprint density at radius 2 is 2.00 bits per heavy atom. The van der Waals surface area contributed by atoms with Gasteiger partial charge in [0.2, 0.25) is 12.7 Å². The summed E-state index contributed by atoms with van der Waals surface area (Å²) >= 11 is 1.62. The van der Waals surface area contributed by atoms with E-state index in [2.05, 4.69) is 5.32 Å². The van der Waals surface area contributed by atoms with Crippen molar-refractivity contribution in [3.05, 3.63) is 50.8 Å². The van der Waals surface area contributed by atoms with Gasteiger partial charge in [-0.25, -0.2) is 9.78 Å². The van der Waals surface area contributed by atoms with Crippen molar-refractivity contribution in [3.8, 4) is 22.9 Å². The van der Waals surface area contributed by atoms with E-state index >= 15 is 0 Å². The quantitative estimate of drug-likeness (QED) is 0.287. The maximum absolute atomic E-state index is 13.6. The van der Waals surface area contributed by atoms with Crippen molar-refractivity contribution in [3.63, 3.8) is 0 Å². The van der Waals surface area contributed by atoms with Crippen LogP contribution < -0.4 is 26.1 Å². The third-order valence-electron chi connectivity index (χ3n) is 7.71. The molecule has 39 heavy (non-hydrogen) atoms. The number of benzene rings is 1. The molecule has 204 valence electrons. The van der Waals surface area contributed by atoms with Gasteiger partial charge in [-0.05, 0) is 42.5 Å². The highest BCUT2D eigenvalue weighted by atomic mass is 32.2. The molecule has 0 unspecified atom stereocenters. The van der Waals surface area contributed by atoms with Crippen molar-refractivity contribution < 1.29 is 28.9 Å². The Morgan fingerprint density at radius 1 is 1.23 bits per heavy atom. The van der Waals surface area contributed by atoms with Crippen molar-refractivity contribution >= 4 is 34.5 Å². The monoisotopic (exact) mass is 552 g/mol. The molecule has 3 aromatic rings. The van der Waals surface area contributed by atoms with E-state index in [4.69, 9.17) is 24.9 Å². The number of aromatic nitrogens is 2. The van der Waals surface area contributed by atoms with Crippen LogP contribution in [0.1, 0.15) is 42.0 Å². The zero-order chi connectivity index (χ0) is 27.5. The zero-order valence-corrected chi connectivity index (χ0v) is 22.4. The lowest BCUT2D eigenvalue weighted by molar-refractivity contribution is -0.172. The molecule has 2 atom stereocenters. The Bertz CT molecular complexity index is 1600. The van der Waals surface area contributed by atoms with Crippen molar-refractivity contribution in [2.75, 3.05) is 18.8 Å². The molecule has 0 radical (unpaired) electrons. The number of ether oxygens (including phenoxy) is 3. The standard InChI is InChI=1S/C27H28N4O7S/c1-3-27(35)17-7-20-23-15(10-31(20)25(33)16(17)11-36-26(27)34)14(9-29-24(32)18(28)4-5-39-2)13-6-21-22(38-12-37-21)8-19(13)30-23/h6-8,18,35H,3-5,9-12,28H2,1-2H3,(H,29,32)/t18-,27-/m0/s1. The number of esters is 1. The lowest BCUT2D eigenvalue weighted by atomic mass is 9.86. The third-order valence-corrected chi connectivity index (χ3v) is 8.35. The number of carbonyl (C=O) groups is 2. The van der Waals surface area contributed by atoms with Crippen LogP contribution in [0, 0.1) is 0 Å². The van der Waals surface area contributed by atoms with E-state index in [-0.39, 0.29) is 55.5 Å². The largest absolute Gasteiger partial charge is 0.458 e. The molecule has 0 saturated heterocycles. The number of nitrogens with zero attached hydrogens (tertiary/aromatic N) is 2. The fraction of sp³-hybridized carbons (Fsp3) is 0.407. The molecule has 12 heteroatoms. The predicted molar refractivity (Wildman–Crippen MR) is 143 cm³/mol. The molecule has 0 fully saturated rings. The van der Waals surface area contributed by atoms with Gasteiger partial charge < -0.3 is 34.9 Å². The maximum Gasteiger partial charge on any atom is 0.343 e. The van der Waals surface area contributed by atoms with Gasteiger partial charge in [0.1, 0.15) is 6.61 Å². The zero-order valence-electron chi connectivity index (χ0n) is 21.5. The number of amides is 1. The maximum atomic E-state index is 13.6. The number of rotatable bonds is 7. The van der Waals surface area contributed by atoms with Crippen LogP contribution in [-0.4, -0.2) is 51.4 Å². The number of aliphatic hydroxyl groups is 1. The van der Waals surface area contributed by atoms with Gasteiger partial charge in [-0.1, -0.05) is 6.92 Å². The van der Waals surface area contributed by atoms with Crippen molar-refractivity contribution in [2.24, 2.45) is 5.73 Å². The highest BCUT2D eigenvalue weighted by Crippen LogP contribution is 2.43. The highest BCUT2D eigenvalue weighted by Gasteiger charge is 2.45. The lowest BCUT2D eigenvalue weighted by Crippen LogP contribution is -2.44. The van der Waals surface area contributed by atoms with E-state index in [1.165, 1.54) is 0 Å². The van der Waals surface area contributed by atoms with Gasteiger partial charge in [-0.15, -0.1) is 0 Å². The number of hydrogen-bond donors (Lipinski definition) is 3. The van der Waals surface area contributed by atoms with Gasteiger partial charge >= 0.3 is 5.97 Å². The molecule has 2 aromatic heterocycles. The minimum Gasteiger partial charge on any atom is -0.458 e. The minimum atomic E-state index is -1.92. The summed E-state index contributed by atoms with van der Waals surface area (Å²) in [5.41, 5.74) is 7.46. The van der Waals surface area contributed by atoms with Crippen LogP contribution in [0.5, 0.6) is 11.5 Å². The number of pyridine rings is 2. The Hall–Kier alpha value is -3.61. The molecule has 4 N–H and O–H groups in total. The smallest absolute Gasteiger partial charge is 0.343 e. The summed E-state index contributed by atoms with van der Waals surface area (Å²) in [5.74, 6) is 0.842. The van der Waals surface area contributed by atoms with Crippen LogP contribution in [0.15, 0.2) is 23.0 Å².